The smallest absolute Gasteiger partial charge is 0.181 e. The van der Waals surface area contributed by atoms with Crippen molar-refractivity contribution in [3.05, 3.63) is 0 Å². The molecule has 0 fully saturated rings. The van der Waals surface area contributed by atoms with Gasteiger partial charge in [0, 0.05) is 0 Å². The second-order valence-corrected chi connectivity index (χ2v) is 1.43. The number of hydrazine groups is 1. The van der Waals surface area contributed by atoms with Crippen molar-refractivity contribution in [3.8, 4) is 0 Å². The fraction of sp³-hybridized carbons (Fsp3) is 0. The first-order chi connectivity index (χ1) is 2.27. The monoisotopic (exact) mass is 110 g/mol. The second kappa shape index (κ2) is 2.38. The molecular formula is CH3ClN2S. The van der Waals surface area contributed by atoms with Gasteiger partial charge in [-0.3, -0.25) is 0 Å². The average Bonchev–Trinajstić information content (AvgIpc) is 1.38. The lowest BCUT2D eigenvalue weighted by Gasteiger charge is -1.81. The molecule has 4 heteroatoms. The summed E-state index contributed by atoms with van der Waals surface area (Å²) in [5, 5.41) is 0. The Morgan fingerprint density at radius 1 is 2.00 bits per heavy atom. The number of nitrogens with one attached hydrogen (secondary N) is 1. The maximum absolute atomic E-state index is 4.96. The Morgan fingerprint density at radius 2 is 2.20 bits per heavy atom. The lowest BCUT2D eigenvalue weighted by molar-refractivity contribution is 1.06. The van der Waals surface area contributed by atoms with Gasteiger partial charge in [-0.15, -0.1) is 0 Å². The van der Waals surface area contributed by atoms with Gasteiger partial charge in [-0.25, -0.2) is 5.84 Å². The number of hydrogen-bond donors (Lipinski definition) is 2. The third kappa shape index (κ3) is 4.14. The molecule has 0 amide bonds. The van der Waals surface area contributed by atoms with E-state index in [9.17, 15) is 0 Å². The zero-order valence-corrected chi connectivity index (χ0v) is 3.94. The lowest BCUT2D eigenvalue weighted by atomic mass is 11.5. The summed E-state index contributed by atoms with van der Waals surface area (Å²) >= 11 is 9.18. The zero-order chi connectivity index (χ0) is 4.28. The summed E-state index contributed by atoms with van der Waals surface area (Å²) in [6, 6.07) is 0. The van der Waals surface area contributed by atoms with Crippen LogP contribution in [0.25, 0.3) is 0 Å². The predicted molar refractivity (Wildman–Crippen MR) is 25.8 cm³/mol. The standard InChI is InChI=1S/CH3ClN2S/c2-1(5)4-3/h3H2,(H,4,5). The Labute approximate surface area is 40.3 Å². The summed E-state index contributed by atoms with van der Waals surface area (Å²) < 4.78 is 0.0880. The van der Waals surface area contributed by atoms with Gasteiger partial charge in [0.05, 0.1) is 0 Å². The SMILES string of the molecule is NNC(=S)Cl. The highest BCUT2D eigenvalue weighted by Crippen LogP contribution is 1.69. The molecule has 0 atom stereocenters. The van der Waals surface area contributed by atoms with Crippen LogP contribution in [0.3, 0.4) is 0 Å². The van der Waals surface area contributed by atoms with Crippen molar-refractivity contribution in [2.24, 2.45) is 5.84 Å². The Kier molecular flexibility index (Phi) is 2.45. The second-order valence-electron chi connectivity index (χ2n) is 0.418. The van der Waals surface area contributed by atoms with Gasteiger partial charge in [0.25, 0.3) is 0 Å². The minimum absolute atomic E-state index is 0.0880. The maximum Gasteiger partial charge on any atom is 0.181 e. The van der Waals surface area contributed by atoms with Crippen molar-refractivity contribution in [1.29, 1.82) is 0 Å². The van der Waals surface area contributed by atoms with E-state index < -0.39 is 0 Å². The molecule has 5 heavy (non-hydrogen) atoms. The molecule has 0 rings (SSSR count). The van der Waals surface area contributed by atoms with Crippen molar-refractivity contribution in [2.45, 2.75) is 0 Å². The highest BCUT2D eigenvalue weighted by atomic mass is 35.5. The van der Waals surface area contributed by atoms with E-state index in [-0.39, 0.29) is 4.45 Å². The van der Waals surface area contributed by atoms with Crippen molar-refractivity contribution in [3.63, 3.8) is 0 Å². The first-order valence-corrected chi connectivity index (χ1v) is 1.72. The van der Waals surface area contributed by atoms with Crippen LogP contribution in [0.1, 0.15) is 0 Å². The third-order valence-corrected chi connectivity index (χ3v) is 0.340. The molecule has 30 valence electrons. The lowest BCUT2D eigenvalue weighted by Crippen LogP contribution is -2.23. The van der Waals surface area contributed by atoms with Gasteiger partial charge < -0.3 is 5.43 Å². The molecule has 0 aromatic rings. The molecule has 3 N–H and O–H groups in total. The highest BCUT2D eigenvalue weighted by Gasteiger charge is 1.71. The van der Waals surface area contributed by atoms with E-state index in [0.29, 0.717) is 0 Å². The van der Waals surface area contributed by atoms with E-state index in [2.05, 4.69) is 18.1 Å². The van der Waals surface area contributed by atoms with Crippen LogP contribution in [0.4, 0.5) is 0 Å². The van der Waals surface area contributed by atoms with Crippen molar-refractivity contribution in [2.75, 3.05) is 0 Å². The highest BCUT2D eigenvalue weighted by molar-refractivity contribution is 7.83. The number of nitrogens with two attached hydrogens (primary N) is 1. The quantitative estimate of drug-likeness (QED) is 0.151. The van der Waals surface area contributed by atoms with Crippen molar-refractivity contribution < 1.29 is 0 Å². The topological polar surface area (TPSA) is 38.0 Å². The minimum atomic E-state index is 0.0880. The van der Waals surface area contributed by atoms with Gasteiger partial charge in [-0.1, -0.05) is 11.6 Å². The summed E-state index contributed by atoms with van der Waals surface area (Å²) in [7, 11) is 0. The normalized spacial score (nSPS) is 6.80. The van der Waals surface area contributed by atoms with Gasteiger partial charge in [0.1, 0.15) is 0 Å². The van der Waals surface area contributed by atoms with Gasteiger partial charge in [-0.05, 0) is 12.2 Å². The van der Waals surface area contributed by atoms with Gasteiger partial charge in [0.2, 0.25) is 0 Å². The molecule has 0 aliphatic rings. The van der Waals surface area contributed by atoms with E-state index in [1.54, 1.807) is 0 Å². The molecule has 0 heterocycles. The Morgan fingerprint density at radius 3 is 2.20 bits per heavy atom. The van der Waals surface area contributed by atoms with Crippen LogP contribution >= 0.6 is 23.8 Å². The van der Waals surface area contributed by atoms with Crippen LogP contribution in [-0.2, 0) is 0 Å². The fourth-order valence-corrected chi connectivity index (χ4v) is 0. The summed E-state index contributed by atoms with van der Waals surface area (Å²) in [6.45, 7) is 0. The van der Waals surface area contributed by atoms with E-state index in [4.69, 9.17) is 11.6 Å². The Hall–Kier alpha value is 0.140. The van der Waals surface area contributed by atoms with Crippen molar-refractivity contribution in [1.82, 2.24) is 5.43 Å². The number of thiocarbonyl (C=S) groups is 1. The summed E-state index contributed by atoms with van der Waals surface area (Å²) in [6.07, 6.45) is 0. The Balaban J connectivity index is 2.85. The largest absolute Gasteiger partial charge is 0.305 e. The molecule has 0 aliphatic carbocycles. The zero-order valence-electron chi connectivity index (χ0n) is 2.36. The van der Waals surface area contributed by atoms with Gasteiger partial charge >= 0.3 is 0 Å². The fourth-order valence-electron chi connectivity index (χ4n) is 0. The molecule has 0 bridgehead atoms. The molecular weight excluding hydrogens is 108 g/mol. The summed E-state index contributed by atoms with van der Waals surface area (Å²) in [4.78, 5) is 0. The van der Waals surface area contributed by atoms with Crippen LogP contribution in [0.15, 0.2) is 0 Å². The van der Waals surface area contributed by atoms with Crippen LogP contribution in [0, 0.1) is 0 Å². The first-order valence-electron chi connectivity index (χ1n) is 0.932. The molecule has 0 aliphatic heterocycles. The molecule has 0 saturated carbocycles. The molecule has 0 aromatic carbocycles. The molecule has 2 nitrogen and oxygen atoms in total. The first kappa shape index (κ1) is 5.14. The molecule has 0 saturated heterocycles. The van der Waals surface area contributed by atoms with E-state index in [1.165, 1.54) is 0 Å². The number of rotatable bonds is 0. The third-order valence-electron chi connectivity index (χ3n) is 0.113. The predicted octanol–water partition coefficient (Wildman–Crippen LogP) is -0.0266. The van der Waals surface area contributed by atoms with Crippen LogP contribution < -0.4 is 11.3 Å². The van der Waals surface area contributed by atoms with Crippen LogP contribution in [-0.4, -0.2) is 4.45 Å². The minimum Gasteiger partial charge on any atom is -0.305 e. The molecule has 0 unspecified atom stereocenters. The number of hydrogen-bond acceptors (Lipinski definition) is 2. The van der Waals surface area contributed by atoms with Crippen LogP contribution in [0.5, 0.6) is 0 Å². The Bertz CT molecular complexity index is 44.9. The summed E-state index contributed by atoms with van der Waals surface area (Å²) in [5.74, 6) is 4.65. The average molecular weight is 111 g/mol. The van der Waals surface area contributed by atoms with Crippen molar-refractivity contribution >= 4 is 28.3 Å². The number of halogens is 1. The van der Waals surface area contributed by atoms with E-state index in [1.807, 2.05) is 5.43 Å². The van der Waals surface area contributed by atoms with E-state index >= 15 is 0 Å². The maximum atomic E-state index is 4.96. The van der Waals surface area contributed by atoms with E-state index in [0.717, 1.165) is 0 Å². The van der Waals surface area contributed by atoms with Crippen LogP contribution in [0.2, 0.25) is 0 Å². The van der Waals surface area contributed by atoms with Gasteiger partial charge in [-0.2, -0.15) is 0 Å². The molecule has 0 spiro atoms. The molecule has 0 radical (unpaired) electrons. The molecule has 0 aromatic heterocycles. The van der Waals surface area contributed by atoms with Gasteiger partial charge in [0.15, 0.2) is 4.45 Å². The summed E-state index contributed by atoms with van der Waals surface area (Å²) in [5.41, 5.74) is 2.02.